The Bertz CT molecular complexity index is 773. The van der Waals surface area contributed by atoms with Crippen LogP contribution in [0, 0.1) is 13.8 Å². The van der Waals surface area contributed by atoms with Crippen molar-refractivity contribution in [2.75, 3.05) is 44.7 Å². The van der Waals surface area contributed by atoms with E-state index < -0.39 is 12.0 Å². The van der Waals surface area contributed by atoms with E-state index in [9.17, 15) is 13.2 Å². The standard InChI is InChI=1S/C18H23F3N4O/c1-12-10-13(2)15-14(11-12)16(24-17(23-15)18(19,20)21)22-4-3-5-25-6-8-26-9-7-25/h10-11H,3-9H2,1-2H3,(H,22,23,24)/p+1. The maximum atomic E-state index is 13.2. The van der Waals surface area contributed by atoms with Crippen molar-refractivity contribution in [1.82, 2.24) is 9.97 Å². The van der Waals surface area contributed by atoms with Gasteiger partial charge in [0.2, 0.25) is 5.82 Å². The van der Waals surface area contributed by atoms with Crippen molar-refractivity contribution in [2.24, 2.45) is 0 Å². The van der Waals surface area contributed by atoms with E-state index in [0.717, 1.165) is 44.8 Å². The topological polar surface area (TPSA) is 51.5 Å². The molecule has 0 bridgehead atoms. The lowest BCUT2D eigenvalue weighted by atomic mass is 10.1. The smallest absolute Gasteiger partial charge is 0.370 e. The lowest BCUT2D eigenvalue weighted by Gasteiger charge is -2.23. The van der Waals surface area contributed by atoms with Gasteiger partial charge in [-0.2, -0.15) is 13.2 Å². The van der Waals surface area contributed by atoms with Crippen LogP contribution in [0.5, 0.6) is 0 Å². The van der Waals surface area contributed by atoms with E-state index in [-0.39, 0.29) is 5.82 Å². The maximum absolute atomic E-state index is 13.2. The molecule has 5 nitrogen and oxygen atoms in total. The summed E-state index contributed by atoms with van der Waals surface area (Å²) in [6.07, 6.45) is -3.72. The first-order valence-corrected chi connectivity index (χ1v) is 8.86. The molecule has 0 amide bonds. The summed E-state index contributed by atoms with van der Waals surface area (Å²) in [5, 5.41) is 3.73. The monoisotopic (exact) mass is 369 g/mol. The molecule has 8 heteroatoms. The number of quaternary nitrogens is 1. The summed E-state index contributed by atoms with van der Waals surface area (Å²) in [6.45, 7) is 8.72. The van der Waals surface area contributed by atoms with E-state index in [1.165, 1.54) is 4.90 Å². The molecule has 2 N–H and O–H groups in total. The number of nitrogens with zero attached hydrogens (tertiary/aromatic N) is 2. The van der Waals surface area contributed by atoms with Crippen molar-refractivity contribution in [3.05, 3.63) is 29.1 Å². The average Bonchev–Trinajstić information content (AvgIpc) is 2.59. The van der Waals surface area contributed by atoms with Crippen LogP contribution in [0.2, 0.25) is 0 Å². The van der Waals surface area contributed by atoms with Gasteiger partial charge in [-0.05, 0) is 31.0 Å². The minimum atomic E-state index is -4.57. The molecule has 0 radical (unpaired) electrons. The molecule has 142 valence electrons. The highest BCUT2D eigenvalue weighted by atomic mass is 19.4. The van der Waals surface area contributed by atoms with Crippen molar-refractivity contribution in [1.29, 1.82) is 0 Å². The summed E-state index contributed by atoms with van der Waals surface area (Å²) in [4.78, 5) is 8.99. The molecule has 0 spiro atoms. The number of ether oxygens (including phenoxy) is 1. The van der Waals surface area contributed by atoms with Gasteiger partial charge in [0.1, 0.15) is 18.9 Å². The Morgan fingerprint density at radius 3 is 2.58 bits per heavy atom. The number of nitrogens with one attached hydrogen (secondary N) is 2. The third kappa shape index (κ3) is 4.42. The Morgan fingerprint density at radius 1 is 1.15 bits per heavy atom. The number of benzene rings is 1. The second kappa shape index (κ2) is 7.75. The van der Waals surface area contributed by atoms with Gasteiger partial charge in [0.25, 0.3) is 0 Å². The summed E-state index contributed by atoms with van der Waals surface area (Å²) >= 11 is 0. The number of hydrogen-bond donors (Lipinski definition) is 2. The van der Waals surface area contributed by atoms with Gasteiger partial charge in [-0.1, -0.05) is 6.07 Å². The van der Waals surface area contributed by atoms with Gasteiger partial charge in [-0.25, -0.2) is 9.97 Å². The second-order valence-corrected chi connectivity index (χ2v) is 6.76. The zero-order chi connectivity index (χ0) is 18.7. The predicted octanol–water partition coefficient (Wildman–Crippen LogP) is 1.98. The first-order valence-electron chi connectivity index (χ1n) is 8.86. The zero-order valence-corrected chi connectivity index (χ0v) is 15.0. The normalized spacial score (nSPS) is 16.2. The van der Waals surface area contributed by atoms with Crippen LogP contribution in [0.15, 0.2) is 12.1 Å². The van der Waals surface area contributed by atoms with Crippen LogP contribution in [-0.4, -0.2) is 49.4 Å². The first kappa shape index (κ1) is 18.8. The van der Waals surface area contributed by atoms with E-state index in [1.54, 1.807) is 6.92 Å². The minimum Gasteiger partial charge on any atom is -0.370 e. The van der Waals surface area contributed by atoms with E-state index in [2.05, 4.69) is 15.3 Å². The third-order valence-electron chi connectivity index (χ3n) is 4.59. The highest BCUT2D eigenvalue weighted by Gasteiger charge is 2.35. The third-order valence-corrected chi connectivity index (χ3v) is 4.59. The highest BCUT2D eigenvalue weighted by Crippen LogP contribution is 2.31. The van der Waals surface area contributed by atoms with Gasteiger partial charge in [0, 0.05) is 18.4 Å². The van der Waals surface area contributed by atoms with Crippen LogP contribution in [0.25, 0.3) is 10.9 Å². The van der Waals surface area contributed by atoms with Gasteiger partial charge < -0.3 is 15.0 Å². The van der Waals surface area contributed by atoms with Crippen molar-refractivity contribution in [2.45, 2.75) is 26.4 Å². The molecule has 26 heavy (non-hydrogen) atoms. The molecule has 0 unspecified atom stereocenters. The molecule has 0 atom stereocenters. The molecule has 2 aromatic rings. The van der Waals surface area contributed by atoms with E-state index >= 15 is 0 Å². The number of halogens is 3. The number of anilines is 1. The molecule has 1 aliphatic heterocycles. The molecule has 3 rings (SSSR count). The number of aromatic nitrogens is 2. The highest BCUT2D eigenvalue weighted by molar-refractivity contribution is 5.91. The van der Waals surface area contributed by atoms with Crippen LogP contribution in [0.1, 0.15) is 23.4 Å². The molecule has 0 saturated carbocycles. The lowest BCUT2D eigenvalue weighted by Crippen LogP contribution is -3.14. The molecule has 1 aromatic carbocycles. The Balaban J connectivity index is 1.78. The largest absolute Gasteiger partial charge is 0.451 e. The molecule has 1 aliphatic rings. The van der Waals surface area contributed by atoms with Crippen molar-refractivity contribution in [3.8, 4) is 0 Å². The van der Waals surface area contributed by atoms with Crippen molar-refractivity contribution < 1.29 is 22.8 Å². The zero-order valence-electron chi connectivity index (χ0n) is 15.0. The number of hydrogen-bond acceptors (Lipinski definition) is 4. The number of rotatable bonds is 5. The van der Waals surface area contributed by atoms with Crippen molar-refractivity contribution in [3.63, 3.8) is 0 Å². The quantitative estimate of drug-likeness (QED) is 0.792. The molecule has 0 aliphatic carbocycles. The summed E-state index contributed by atoms with van der Waals surface area (Å²) in [5.41, 5.74) is 2.03. The van der Waals surface area contributed by atoms with Crippen molar-refractivity contribution >= 4 is 16.7 Å². The SMILES string of the molecule is Cc1cc(C)c2nc(C(F)(F)F)nc(NCCC[NH+]3CCOCC3)c2c1. The van der Waals surface area contributed by atoms with Gasteiger partial charge >= 0.3 is 6.18 Å². The summed E-state index contributed by atoms with van der Waals surface area (Å²) < 4.78 is 44.8. The number of morpholine rings is 1. The van der Waals surface area contributed by atoms with Crippen LogP contribution >= 0.6 is 0 Å². The van der Waals surface area contributed by atoms with E-state index in [1.807, 2.05) is 19.1 Å². The minimum absolute atomic E-state index is 0.256. The molecule has 1 fully saturated rings. The molecular weight excluding hydrogens is 345 g/mol. The summed E-state index contributed by atoms with van der Waals surface area (Å²) in [7, 11) is 0. The fraction of sp³-hybridized carbons (Fsp3) is 0.556. The fourth-order valence-corrected chi connectivity index (χ4v) is 3.30. The van der Waals surface area contributed by atoms with Gasteiger partial charge in [-0.3, -0.25) is 0 Å². The summed E-state index contributed by atoms with van der Waals surface area (Å²) in [6, 6.07) is 3.67. The number of aryl methyl sites for hydroxylation is 2. The van der Waals surface area contributed by atoms with Crippen LogP contribution in [0.3, 0.4) is 0 Å². The predicted molar refractivity (Wildman–Crippen MR) is 93.5 cm³/mol. The molecule has 1 aromatic heterocycles. The van der Waals surface area contributed by atoms with Gasteiger partial charge in [0.05, 0.1) is 25.3 Å². The van der Waals surface area contributed by atoms with Crippen LogP contribution in [0.4, 0.5) is 19.0 Å². The Morgan fingerprint density at radius 2 is 1.88 bits per heavy atom. The van der Waals surface area contributed by atoms with E-state index in [0.29, 0.717) is 23.0 Å². The lowest BCUT2D eigenvalue weighted by molar-refractivity contribution is -0.908. The van der Waals surface area contributed by atoms with Gasteiger partial charge in [-0.15, -0.1) is 0 Å². The van der Waals surface area contributed by atoms with Crippen LogP contribution < -0.4 is 10.2 Å². The molecule has 1 saturated heterocycles. The second-order valence-electron chi connectivity index (χ2n) is 6.76. The first-order chi connectivity index (χ1) is 12.3. The number of fused-ring (bicyclic) bond motifs is 1. The Kier molecular flexibility index (Phi) is 5.62. The fourth-order valence-electron chi connectivity index (χ4n) is 3.30. The van der Waals surface area contributed by atoms with Gasteiger partial charge in [0.15, 0.2) is 0 Å². The molecular formula is C18H24F3N4O+. The Hall–Kier alpha value is -1.93. The molecule has 2 heterocycles. The summed E-state index contributed by atoms with van der Waals surface area (Å²) in [5.74, 6) is -0.843. The Labute approximate surface area is 150 Å². The maximum Gasteiger partial charge on any atom is 0.451 e. The average molecular weight is 369 g/mol. The van der Waals surface area contributed by atoms with E-state index in [4.69, 9.17) is 4.74 Å². The van der Waals surface area contributed by atoms with Crippen LogP contribution in [-0.2, 0) is 10.9 Å². The number of alkyl halides is 3.